The van der Waals surface area contributed by atoms with Gasteiger partial charge in [-0.15, -0.1) is 0 Å². The molecule has 2 unspecified atom stereocenters. The first-order valence-corrected chi connectivity index (χ1v) is 11.4. The molecular weight excluding hydrogens is 421 g/mol. The maximum absolute atomic E-state index is 13.5. The van der Waals surface area contributed by atoms with Crippen molar-refractivity contribution in [3.8, 4) is 0 Å². The van der Waals surface area contributed by atoms with Crippen LogP contribution in [0.5, 0.6) is 0 Å². The van der Waals surface area contributed by atoms with Crippen molar-refractivity contribution >= 4 is 17.5 Å². The maximum Gasteiger partial charge on any atom is 0.319 e. The summed E-state index contributed by atoms with van der Waals surface area (Å²) in [6.07, 6.45) is 1.89. The van der Waals surface area contributed by atoms with Crippen LogP contribution in [-0.2, 0) is 9.53 Å². The Bertz CT molecular complexity index is 958. The molecule has 0 amide bonds. The summed E-state index contributed by atoms with van der Waals surface area (Å²) in [7, 11) is 1.41. The van der Waals surface area contributed by atoms with Crippen molar-refractivity contribution in [2.75, 3.05) is 51.3 Å². The lowest BCUT2D eigenvalue weighted by atomic mass is 9.90. The second-order valence-corrected chi connectivity index (χ2v) is 8.78. The molecule has 2 saturated heterocycles. The second kappa shape index (κ2) is 10.3. The van der Waals surface area contributed by atoms with Crippen LogP contribution in [0.4, 0.5) is 10.1 Å². The van der Waals surface area contributed by atoms with E-state index < -0.39 is 0 Å². The third kappa shape index (κ3) is 5.51. The number of amidine groups is 1. The van der Waals surface area contributed by atoms with Gasteiger partial charge in [-0.25, -0.2) is 4.39 Å². The first-order valence-electron chi connectivity index (χ1n) is 11.4. The number of carbonyl (C=O) groups is 1. The van der Waals surface area contributed by atoms with Crippen LogP contribution in [0.1, 0.15) is 30.0 Å². The highest BCUT2D eigenvalue weighted by atomic mass is 19.1. The lowest BCUT2D eigenvalue weighted by Gasteiger charge is -2.46. The van der Waals surface area contributed by atoms with E-state index in [9.17, 15) is 9.18 Å². The minimum absolute atomic E-state index is 0.0561. The summed E-state index contributed by atoms with van der Waals surface area (Å²) >= 11 is 0. The van der Waals surface area contributed by atoms with Crippen molar-refractivity contribution < 1.29 is 13.9 Å². The highest BCUT2D eigenvalue weighted by molar-refractivity contribution is 5.95. The summed E-state index contributed by atoms with van der Waals surface area (Å²) in [4.78, 5) is 19.0. The van der Waals surface area contributed by atoms with Gasteiger partial charge in [0.25, 0.3) is 0 Å². The number of nitrogens with two attached hydrogens (primary N) is 1. The average Bonchev–Trinajstić information content (AvgIpc) is 2.85. The number of carbonyl (C=O) groups excluding carboxylic acids is 1. The minimum atomic E-state index is -0.252. The number of nitrogen functional groups attached to an aromatic ring is 1. The molecule has 2 aromatic rings. The average molecular weight is 454 g/mol. The van der Waals surface area contributed by atoms with Crippen LogP contribution in [-0.4, -0.2) is 74.0 Å². The number of anilines is 1. The van der Waals surface area contributed by atoms with Crippen LogP contribution in [0.25, 0.3) is 0 Å². The topological polar surface area (TPSA) is 85.9 Å². The van der Waals surface area contributed by atoms with Gasteiger partial charge >= 0.3 is 5.97 Å². The van der Waals surface area contributed by atoms with Crippen LogP contribution in [0, 0.1) is 11.2 Å². The smallest absolute Gasteiger partial charge is 0.319 e. The van der Waals surface area contributed by atoms with Crippen LogP contribution in [0.2, 0.25) is 0 Å². The zero-order chi connectivity index (χ0) is 23.4. The van der Waals surface area contributed by atoms with Gasteiger partial charge in [0.1, 0.15) is 11.7 Å². The number of piperazine rings is 1. The van der Waals surface area contributed by atoms with Gasteiger partial charge in [-0.2, -0.15) is 0 Å². The number of ether oxygens (including phenoxy) is 1. The van der Waals surface area contributed by atoms with Gasteiger partial charge in [0.05, 0.1) is 13.7 Å². The summed E-state index contributed by atoms with van der Waals surface area (Å²) < 4.78 is 18.4. The number of rotatable bonds is 6. The molecule has 0 bridgehead atoms. The largest absolute Gasteiger partial charge is 0.468 e. The van der Waals surface area contributed by atoms with E-state index in [4.69, 9.17) is 15.9 Å². The number of hydrogen-bond acceptors (Lipinski definition) is 6. The van der Waals surface area contributed by atoms with Gasteiger partial charge in [0, 0.05) is 56.1 Å². The molecule has 176 valence electrons. The summed E-state index contributed by atoms with van der Waals surface area (Å²) in [6, 6.07) is 15.0. The van der Waals surface area contributed by atoms with Gasteiger partial charge in [-0.3, -0.25) is 20.0 Å². The standard InChI is InChI=1S/C25H32FN5O2/c1-33-24(32)17-31-11-10-22(16-23(31)18-2-6-20(26)7-3-18)30-14-12-29(13-15-30)21-8-4-19(5-9-21)25(27)28/h2-9,22-23H,10-17H2,1H3,(H3,27,28). The summed E-state index contributed by atoms with van der Waals surface area (Å²) in [5.41, 5.74) is 8.49. The Morgan fingerprint density at radius 3 is 2.33 bits per heavy atom. The van der Waals surface area contributed by atoms with Crippen LogP contribution >= 0.6 is 0 Å². The molecule has 7 nitrogen and oxygen atoms in total. The Labute approximate surface area is 194 Å². The lowest BCUT2D eigenvalue weighted by Crippen LogP contribution is -2.54. The predicted octanol–water partition coefficient (Wildman–Crippen LogP) is 2.61. The molecule has 4 rings (SSSR count). The Morgan fingerprint density at radius 2 is 1.73 bits per heavy atom. The van der Waals surface area contributed by atoms with E-state index in [0.717, 1.165) is 62.4 Å². The molecule has 2 heterocycles. The number of likely N-dealkylation sites (tertiary alicyclic amines) is 1. The van der Waals surface area contributed by atoms with Crippen LogP contribution in [0.15, 0.2) is 48.5 Å². The number of hydrogen-bond donors (Lipinski definition) is 2. The molecular formula is C25H32FN5O2. The molecule has 2 atom stereocenters. The summed E-state index contributed by atoms with van der Waals surface area (Å²) in [5.74, 6) is -0.413. The highest BCUT2D eigenvalue weighted by Gasteiger charge is 2.34. The molecule has 3 N–H and O–H groups in total. The van der Waals surface area contributed by atoms with Crippen molar-refractivity contribution in [1.29, 1.82) is 5.41 Å². The van der Waals surface area contributed by atoms with E-state index in [1.807, 2.05) is 36.4 Å². The Morgan fingerprint density at radius 1 is 1.06 bits per heavy atom. The maximum atomic E-state index is 13.5. The van der Waals surface area contributed by atoms with Gasteiger partial charge < -0.3 is 15.4 Å². The van der Waals surface area contributed by atoms with E-state index >= 15 is 0 Å². The van der Waals surface area contributed by atoms with Gasteiger partial charge in [0.15, 0.2) is 0 Å². The quantitative estimate of drug-likeness (QED) is 0.397. The molecule has 2 fully saturated rings. The van der Waals surface area contributed by atoms with E-state index in [1.165, 1.54) is 19.2 Å². The third-order valence-electron chi connectivity index (χ3n) is 6.87. The molecule has 0 aliphatic carbocycles. The fourth-order valence-electron chi connectivity index (χ4n) is 4.98. The number of nitrogens with zero attached hydrogens (tertiary/aromatic N) is 3. The fourth-order valence-corrected chi connectivity index (χ4v) is 4.98. The highest BCUT2D eigenvalue weighted by Crippen LogP contribution is 2.34. The summed E-state index contributed by atoms with van der Waals surface area (Å²) in [6.45, 7) is 4.84. The number of piperidine rings is 1. The van der Waals surface area contributed by atoms with E-state index in [0.29, 0.717) is 6.04 Å². The third-order valence-corrected chi connectivity index (χ3v) is 6.87. The Balaban J connectivity index is 1.40. The van der Waals surface area contributed by atoms with Crippen molar-refractivity contribution in [2.45, 2.75) is 24.9 Å². The number of halogens is 1. The molecule has 2 aromatic carbocycles. The number of benzene rings is 2. The van der Waals surface area contributed by atoms with E-state index in [2.05, 4.69) is 14.7 Å². The van der Waals surface area contributed by atoms with E-state index in [-0.39, 0.29) is 30.2 Å². The van der Waals surface area contributed by atoms with Crippen molar-refractivity contribution in [3.63, 3.8) is 0 Å². The first kappa shape index (κ1) is 23.2. The van der Waals surface area contributed by atoms with Gasteiger partial charge in [0.2, 0.25) is 0 Å². The molecule has 8 heteroatoms. The van der Waals surface area contributed by atoms with Gasteiger partial charge in [-0.05, 0) is 54.8 Å². The summed E-state index contributed by atoms with van der Waals surface area (Å²) in [5, 5.41) is 7.55. The Kier molecular flexibility index (Phi) is 7.25. The van der Waals surface area contributed by atoms with Crippen molar-refractivity contribution in [1.82, 2.24) is 9.80 Å². The van der Waals surface area contributed by atoms with E-state index in [1.54, 1.807) is 0 Å². The molecule has 0 aromatic heterocycles. The number of methoxy groups -OCH3 is 1. The van der Waals surface area contributed by atoms with Crippen LogP contribution < -0.4 is 10.6 Å². The predicted molar refractivity (Wildman–Crippen MR) is 127 cm³/mol. The molecule has 0 spiro atoms. The zero-order valence-electron chi connectivity index (χ0n) is 19.0. The van der Waals surface area contributed by atoms with Crippen molar-refractivity contribution in [3.05, 3.63) is 65.5 Å². The molecule has 2 aliphatic heterocycles. The number of nitrogens with one attached hydrogen (secondary N) is 1. The first-order chi connectivity index (χ1) is 15.9. The Hall–Kier alpha value is -2.97. The minimum Gasteiger partial charge on any atom is -0.468 e. The number of esters is 1. The SMILES string of the molecule is COC(=O)CN1CCC(N2CCN(c3ccc(C(=N)N)cc3)CC2)CC1c1ccc(F)cc1. The normalized spacial score (nSPS) is 22.2. The molecule has 2 aliphatic rings. The second-order valence-electron chi connectivity index (χ2n) is 8.78. The van der Waals surface area contributed by atoms with Gasteiger partial charge in [-0.1, -0.05) is 12.1 Å². The monoisotopic (exact) mass is 453 g/mol. The van der Waals surface area contributed by atoms with Crippen molar-refractivity contribution in [2.24, 2.45) is 5.73 Å². The van der Waals surface area contributed by atoms with Crippen LogP contribution in [0.3, 0.4) is 0 Å². The molecule has 0 saturated carbocycles. The molecule has 33 heavy (non-hydrogen) atoms. The lowest BCUT2D eigenvalue weighted by molar-refractivity contribution is -0.143. The zero-order valence-corrected chi connectivity index (χ0v) is 19.0. The fraction of sp³-hybridized carbons (Fsp3) is 0.440. The molecule has 0 radical (unpaired) electrons.